The fourth-order valence-corrected chi connectivity index (χ4v) is 2.36. The van der Waals surface area contributed by atoms with Crippen LogP contribution in [0.1, 0.15) is 29.0 Å². The highest BCUT2D eigenvalue weighted by Crippen LogP contribution is 2.22. The number of benzene rings is 1. The second-order valence-electron chi connectivity index (χ2n) is 4.89. The lowest BCUT2D eigenvalue weighted by atomic mass is 10.2. The van der Waals surface area contributed by atoms with Crippen molar-refractivity contribution in [2.45, 2.75) is 19.8 Å². The molecule has 1 aromatic heterocycles. The molecule has 1 amide bonds. The second-order valence-corrected chi connectivity index (χ2v) is 4.89. The van der Waals surface area contributed by atoms with Crippen LogP contribution in [0.25, 0.3) is 0 Å². The summed E-state index contributed by atoms with van der Waals surface area (Å²) in [6, 6.07) is 7.84. The van der Waals surface area contributed by atoms with Crippen molar-refractivity contribution in [1.82, 2.24) is 10.3 Å². The minimum absolute atomic E-state index is 0.216. The minimum atomic E-state index is -0.308. The maximum absolute atomic E-state index is 12.0. The van der Waals surface area contributed by atoms with Crippen LogP contribution < -0.4 is 10.2 Å². The largest absolute Gasteiger partial charge is 0.372 e. The van der Waals surface area contributed by atoms with Gasteiger partial charge in [-0.15, -0.1) is 0 Å². The fraction of sp³-hybridized carbons (Fsp3) is 0.357. The molecule has 1 saturated heterocycles. The van der Waals surface area contributed by atoms with Crippen LogP contribution in [0.15, 0.2) is 28.9 Å². The van der Waals surface area contributed by atoms with Crippen molar-refractivity contribution < 1.29 is 9.42 Å². The summed E-state index contributed by atoms with van der Waals surface area (Å²) in [4.78, 5) is 14.3. The molecule has 1 N–H and O–H groups in total. The van der Waals surface area contributed by atoms with Gasteiger partial charge in [0, 0.05) is 24.5 Å². The van der Waals surface area contributed by atoms with E-state index in [9.17, 15) is 4.79 Å². The van der Waals surface area contributed by atoms with Gasteiger partial charge >= 0.3 is 0 Å². The maximum atomic E-state index is 12.0. The van der Waals surface area contributed by atoms with Gasteiger partial charge in [-0.25, -0.2) is 4.63 Å². The van der Waals surface area contributed by atoms with Crippen LogP contribution in [0.3, 0.4) is 0 Å². The number of rotatable bonds is 3. The van der Waals surface area contributed by atoms with Crippen molar-refractivity contribution in [2.75, 3.05) is 23.3 Å². The van der Waals surface area contributed by atoms with Crippen molar-refractivity contribution in [1.29, 1.82) is 0 Å². The van der Waals surface area contributed by atoms with Crippen molar-refractivity contribution in [3.8, 4) is 0 Å². The molecule has 6 heteroatoms. The van der Waals surface area contributed by atoms with Gasteiger partial charge in [0.15, 0.2) is 5.69 Å². The number of hydrogen-bond donors (Lipinski definition) is 1. The van der Waals surface area contributed by atoms with Gasteiger partial charge in [0.05, 0.1) is 0 Å². The summed E-state index contributed by atoms with van der Waals surface area (Å²) in [5.41, 5.74) is 2.63. The van der Waals surface area contributed by atoms with Crippen molar-refractivity contribution >= 4 is 17.3 Å². The maximum Gasteiger partial charge on any atom is 0.279 e. The predicted molar refractivity (Wildman–Crippen MR) is 74.9 cm³/mol. The van der Waals surface area contributed by atoms with Gasteiger partial charge < -0.3 is 10.2 Å². The van der Waals surface area contributed by atoms with E-state index in [1.54, 1.807) is 6.92 Å². The molecular formula is C14H16N4O2. The molecule has 0 atom stereocenters. The molecule has 1 aliphatic heterocycles. The first kappa shape index (κ1) is 12.7. The van der Waals surface area contributed by atoms with Gasteiger partial charge in [0.1, 0.15) is 5.69 Å². The number of carbonyl (C=O) groups is 1. The summed E-state index contributed by atoms with van der Waals surface area (Å²) >= 11 is 0. The highest BCUT2D eigenvalue weighted by atomic mass is 16.6. The van der Waals surface area contributed by atoms with Gasteiger partial charge in [-0.2, -0.15) is 0 Å². The van der Waals surface area contributed by atoms with Crippen LogP contribution in [-0.4, -0.2) is 29.3 Å². The number of aromatic nitrogens is 2. The molecule has 3 rings (SSSR count). The Morgan fingerprint density at radius 3 is 2.50 bits per heavy atom. The Kier molecular flexibility index (Phi) is 3.37. The number of aryl methyl sites for hydroxylation is 1. The lowest BCUT2D eigenvalue weighted by Crippen LogP contribution is -2.17. The topological polar surface area (TPSA) is 71.3 Å². The number of hydrogen-bond acceptors (Lipinski definition) is 5. The molecule has 0 bridgehead atoms. The van der Waals surface area contributed by atoms with Crippen molar-refractivity contribution in [3.63, 3.8) is 0 Å². The molecule has 20 heavy (non-hydrogen) atoms. The Hall–Kier alpha value is -2.37. The first-order chi connectivity index (χ1) is 9.74. The molecule has 1 aromatic carbocycles. The Balaban J connectivity index is 1.69. The number of anilines is 2. The zero-order chi connectivity index (χ0) is 13.9. The Morgan fingerprint density at radius 1 is 1.20 bits per heavy atom. The molecule has 2 aromatic rings. The number of amides is 1. The monoisotopic (exact) mass is 272 g/mol. The molecule has 0 spiro atoms. The summed E-state index contributed by atoms with van der Waals surface area (Å²) in [6.07, 6.45) is 2.49. The normalized spacial score (nSPS) is 14.6. The van der Waals surface area contributed by atoms with Gasteiger partial charge in [-0.3, -0.25) is 4.79 Å². The van der Waals surface area contributed by atoms with E-state index in [1.807, 2.05) is 24.3 Å². The molecule has 0 saturated carbocycles. The molecule has 104 valence electrons. The molecular weight excluding hydrogens is 256 g/mol. The zero-order valence-electron chi connectivity index (χ0n) is 11.3. The Morgan fingerprint density at radius 2 is 1.90 bits per heavy atom. The Labute approximate surface area is 116 Å². The van der Waals surface area contributed by atoms with Crippen LogP contribution in [0.5, 0.6) is 0 Å². The molecule has 0 unspecified atom stereocenters. The quantitative estimate of drug-likeness (QED) is 0.927. The first-order valence-corrected chi connectivity index (χ1v) is 6.69. The third kappa shape index (κ3) is 2.49. The predicted octanol–water partition coefficient (Wildman–Crippen LogP) is 2.23. The van der Waals surface area contributed by atoms with E-state index in [2.05, 4.69) is 25.2 Å². The van der Waals surface area contributed by atoms with Crippen LogP contribution in [0, 0.1) is 6.92 Å². The van der Waals surface area contributed by atoms with Gasteiger partial charge in [0.2, 0.25) is 0 Å². The fourth-order valence-electron chi connectivity index (χ4n) is 2.36. The van der Waals surface area contributed by atoms with E-state index in [0.717, 1.165) is 18.8 Å². The van der Waals surface area contributed by atoms with E-state index in [0.29, 0.717) is 5.69 Å². The van der Waals surface area contributed by atoms with Gasteiger partial charge in [-0.1, -0.05) is 5.16 Å². The van der Waals surface area contributed by atoms with Crippen molar-refractivity contribution in [3.05, 3.63) is 35.7 Å². The summed E-state index contributed by atoms with van der Waals surface area (Å²) in [5.74, 6) is -0.308. The highest BCUT2D eigenvalue weighted by Gasteiger charge is 2.16. The summed E-state index contributed by atoms with van der Waals surface area (Å²) < 4.78 is 4.52. The highest BCUT2D eigenvalue weighted by molar-refractivity contribution is 6.03. The molecule has 2 heterocycles. The third-order valence-corrected chi connectivity index (χ3v) is 3.46. The molecule has 0 radical (unpaired) electrons. The van der Waals surface area contributed by atoms with Crippen LogP contribution in [0.2, 0.25) is 0 Å². The van der Waals surface area contributed by atoms with E-state index < -0.39 is 0 Å². The molecule has 0 aliphatic carbocycles. The smallest absolute Gasteiger partial charge is 0.279 e. The van der Waals surface area contributed by atoms with Crippen molar-refractivity contribution in [2.24, 2.45) is 0 Å². The lowest BCUT2D eigenvalue weighted by molar-refractivity contribution is 0.101. The second kappa shape index (κ2) is 5.32. The van der Waals surface area contributed by atoms with Crippen LogP contribution >= 0.6 is 0 Å². The van der Waals surface area contributed by atoms with E-state index in [1.165, 1.54) is 18.5 Å². The molecule has 1 fully saturated rings. The van der Waals surface area contributed by atoms with Gasteiger partial charge in [0.25, 0.3) is 5.91 Å². The van der Waals surface area contributed by atoms with Crippen LogP contribution in [-0.2, 0) is 0 Å². The summed E-state index contributed by atoms with van der Waals surface area (Å²) in [7, 11) is 0. The number of carbonyl (C=O) groups excluding carboxylic acids is 1. The third-order valence-electron chi connectivity index (χ3n) is 3.46. The lowest BCUT2D eigenvalue weighted by Gasteiger charge is -2.17. The minimum Gasteiger partial charge on any atom is -0.372 e. The SMILES string of the molecule is Cc1nonc1C(=O)Nc1ccc(N2CCCC2)cc1. The first-order valence-electron chi connectivity index (χ1n) is 6.69. The summed E-state index contributed by atoms with van der Waals surface area (Å²) in [5, 5.41) is 9.96. The average Bonchev–Trinajstić information content (AvgIpc) is 3.10. The standard InChI is InChI=1S/C14H16N4O2/c1-10-13(17-20-16-10)14(19)15-11-4-6-12(7-5-11)18-8-2-3-9-18/h4-7H,2-3,8-9H2,1H3,(H,15,19). The Bertz CT molecular complexity index is 600. The number of nitrogens with one attached hydrogen (secondary N) is 1. The van der Waals surface area contributed by atoms with Crippen LogP contribution in [0.4, 0.5) is 11.4 Å². The molecule has 1 aliphatic rings. The number of nitrogens with zero attached hydrogens (tertiary/aromatic N) is 3. The van der Waals surface area contributed by atoms with E-state index >= 15 is 0 Å². The summed E-state index contributed by atoms with van der Waals surface area (Å²) in [6.45, 7) is 3.90. The molecule has 6 nitrogen and oxygen atoms in total. The van der Waals surface area contributed by atoms with E-state index in [-0.39, 0.29) is 11.6 Å². The zero-order valence-corrected chi connectivity index (χ0v) is 11.3. The average molecular weight is 272 g/mol. The van der Waals surface area contributed by atoms with E-state index in [4.69, 9.17) is 0 Å². The van der Waals surface area contributed by atoms with Gasteiger partial charge in [-0.05, 0) is 49.2 Å².